The maximum Gasteiger partial charge on any atom is 0.273 e. The fourth-order valence-corrected chi connectivity index (χ4v) is 5.54. The molecule has 1 amide bonds. The van der Waals surface area contributed by atoms with Gasteiger partial charge in [0, 0.05) is 49.9 Å². The van der Waals surface area contributed by atoms with Gasteiger partial charge >= 0.3 is 0 Å². The number of hydrogen-bond acceptors (Lipinski definition) is 6. The summed E-state index contributed by atoms with van der Waals surface area (Å²) < 4.78 is 14.3. The number of carbonyl (C=O) groups is 2. The van der Waals surface area contributed by atoms with Gasteiger partial charge in [-0.2, -0.15) is 0 Å². The van der Waals surface area contributed by atoms with E-state index < -0.39 is 5.54 Å². The van der Waals surface area contributed by atoms with Crippen LogP contribution in [0, 0.1) is 12.7 Å². The van der Waals surface area contributed by atoms with Crippen LogP contribution in [0.1, 0.15) is 55.0 Å². The molecule has 8 heteroatoms. The average molecular weight is 516 g/mol. The lowest BCUT2D eigenvalue weighted by Gasteiger charge is -2.47. The number of hydrogen-bond donors (Lipinski definition) is 0. The van der Waals surface area contributed by atoms with Crippen molar-refractivity contribution in [3.05, 3.63) is 77.0 Å². The molecule has 38 heavy (non-hydrogen) atoms. The number of piperazine rings is 1. The van der Waals surface area contributed by atoms with Gasteiger partial charge < -0.3 is 19.5 Å². The highest BCUT2D eigenvalue weighted by atomic mass is 19.1. The number of fused-ring (bicyclic) bond motifs is 1. The normalized spacial score (nSPS) is 17.9. The second-order valence-corrected chi connectivity index (χ2v) is 11.6. The van der Waals surface area contributed by atoms with Gasteiger partial charge in [0.05, 0.1) is 16.9 Å². The van der Waals surface area contributed by atoms with Crippen molar-refractivity contribution < 1.29 is 14.0 Å². The summed E-state index contributed by atoms with van der Waals surface area (Å²) >= 11 is 0. The van der Waals surface area contributed by atoms with E-state index in [9.17, 15) is 14.0 Å². The predicted octanol–water partition coefficient (Wildman–Crippen LogP) is 4.84. The maximum atomic E-state index is 14.3. The standard InChI is InChI=1S/C30H34FN5O2/c1-20-6-7-22(17-23(20)31)35-18-29(2,3)27-25(35)9-8-24(33-27)28(38)36-14-13-34(19-30(36,4)5)26-16-21(11-15-37)10-12-32-26/h6-10,12,15-17H,11,13-14,18-19H2,1-5H3. The minimum absolute atomic E-state index is 0.101. The first-order valence-electron chi connectivity index (χ1n) is 13.0. The van der Waals surface area contributed by atoms with Crippen LogP contribution in [0.5, 0.6) is 0 Å². The zero-order valence-electron chi connectivity index (χ0n) is 22.7. The summed E-state index contributed by atoms with van der Waals surface area (Å²) in [6.45, 7) is 12.5. The predicted molar refractivity (Wildman–Crippen MR) is 147 cm³/mol. The van der Waals surface area contributed by atoms with Crippen molar-refractivity contribution >= 4 is 29.4 Å². The monoisotopic (exact) mass is 515 g/mol. The smallest absolute Gasteiger partial charge is 0.273 e. The van der Waals surface area contributed by atoms with Crippen LogP contribution in [0.3, 0.4) is 0 Å². The lowest BCUT2D eigenvalue weighted by molar-refractivity contribution is -0.107. The minimum atomic E-state index is -0.459. The SMILES string of the molecule is Cc1ccc(N2CC(C)(C)c3nc(C(=O)N4CCN(c5cc(CC=O)ccn5)CC4(C)C)ccc32)cc1F. The van der Waals surface area contributed by atoms with Gasteiger partial charge in [-0.15, -0.1) is 0 Å². The molecule has 2 aliphatic rings. The van der Waals surface area contributed by atoms with E-state index in [1.807, 2.05) is 29.2 Å². The Kier molecular flexibility index (Phi) is 6.45. The van der Waals surface area contributed by atoms with E-state index in [1.54, 1.807) is 31.3 Å². The van der Waals surface area contributed by atoms with Crippen molar-refractivity contribution in [1.82, 2.24) is 14.9 Å². The highest BCUT2D eigenvalue weighted by Gasteiger charge is 2.41. The molecule has 0 unspecified atom stereocenters. The molecule has 0 saturated carbocycles. The van der Waals surface area contributed by atoms with Crippen LogP contribution in [0.15, 0.2) is 48.7 Å². The molecule has 0 N–H and O–H groups in total. The summed E-state index contributed by atoms with van der Waals surface area (Å²) in [4.78, 5) is 40.2. The van der Waals surface area contributed by atoms with Crippen molar-refractivity contribution in [1.29, 1.82) is 0 Å². The molecule has 2 aliphatic heterocycles. The molecule has 2 aromatic heterocycles. The molecule has 198 valence electrons. The first kappa shape index (κ1) is 25.8. The minimum Gasteiger partial charge on any atom is -0.353 e. The molecule has 1 fully saturated rings. The molecular formula is C30H34FN5O2. The van der Waals surface area contributed by atoms with Crippen LogP contribution in [0.4, 0.5) is 21.6 Å². The average Bonchev–Trinajstić information content (AvgIpc) is 3.15. The Balaban J connectivity index is 1.39. The van der Waals surface area contributed by atoms with Crippen molar-refractivity contribution in [3.8, 4) is 0 Å². The first-order chi connectivity index (χ1) is 18.0. The Morgan fingerprint density at radius 2 is 1.84 bits per heavy atom. The van der Waals surface area contributed by atoms with Crippen LogP contribution in [0.25, 0.3) is 0 Å². The molecule has 4 heterocycles. The Labute approximate surface area is 223 Å². The number of nitrogens with zero attached hydrogens (tertiary/aromatic N) is 5. The van der Waals surface area contributed by atoms with Gasteiger partial charge in [-0.3, -0.25) is 4.79 Å². The zero-order chi connectivity index (χ0) is 27.2. The van der Waals surface area contributed by atoms with Crippen LogP contribution < -0.4 is 9.80 Å². The van der Waals surface area contributed by atoms with Gasteiger partial charge in [-0.25, -0.2) is 14.4 Å². The zero-order valence-corrected chi connectivity index (χ0v) is 22.7. The lowest BCUT2D eigenvalue weighted by atomic mass is 9.91. The molecule has 5 rings (SSSR count). The van der Waals surface area contributed by atoms with Gasteiger partial charge in [-0.1, -0.05) is 19.9 Å². The van der Waals surface area contributed by atoms with Gasteiger partial charge in [0.2, 0.25) is 0 Å². The summed E-state index contributed by atoms with van der Waals surface area (Å²) in [7, 11) is 0. The van der Waals surface area contributed by atoms with Gasteiger partial charge in [0.1, 0.15) is 23.6 Å². The third kappa shape index (κ3) is 4.64. The Bertz CT molecular complexity index is 1400. The molecular weight excluding hydrogens is 481 g/mol. The van der Waals surface area contributed by atoms with E-state index in [0.29, 0.717) is 43.9 Å². The largest absolute Gasteiger partial charge is 0.353 e. The molecule has 0 spiro atoms. The first-order valence-corrected chi connectivity index (χ1v) is 13.0. The Hall–Kier alpha value is -3.81. The number of halogens is 1. The summed E-state index contributed by atoms with van der Waals surface area (Å²) in [5.74, 6) is 0.478. The van der Waals surface area contributed by atoms with Crippen molar-refractivity contribution in [3.63, 3.8) is 0 Å². The third-order valence-electron chi connectivity index (χ3n) is 7.65. The van der Waals surface area contributed by atoms with Crippen molar-refractivity contribution in [2.45, 2.75) is 52.0 Å². The van der Waals surface area contributed by atoms with E-state index in [-0.39, 0.29) is 17.1 Å². The van der Waals surface area contributed by atoms with Crippen molar-refractivity contribution in [2.24, 2.45) is 0 Å². The molecule has 0 radical (unpaired) electrons. The van der Waals surface area contributed by atoms with Crippen LogP contribution in [0.2, 0.25) is 0 Å². The summed E-state index contributed by atoms with van der Waals surface area (Å²) in [6, 6.07) is 12.8. The summed E-state index contributed by atoms with van der Waals surface area (Å²) in [5, 5.41) is 0. The Morgan fingerprint density at radius 3 is 2.55 bits per heavy atom. The topological polar surface area (TPSA) is 69.6 Å². The fourth-order valence-electron chi connectivity index (χ4n) is 5.54. The second-order valence-electron chi connectivity index (χ2n) is 11.6. The fraction of sp³-hybridized carbons (Fsp3) is 0.400. The number of aryl methyl sites for hydroxylation is 1. The molecule has 0 aliphatic carbocycles. The Morgan fingerprint density at radius 1 is 1.05 bits per heavy atom. The van der Waals surface area contributed by atoms with Crippen LogP contribution in [-0.2, 0) is 16.6 Å². The summed E-state index contributed by atoms with van der Waals surface area (Å²) in [5.41, 5.74) is 3.72. The maximum absolute atomic E-state index is 14.3. The lowest BCUT2D eigenvalue weighted by Crippen LogP contribution is -2.61. The quantitative estimate of drug-likeness (QED) is 0.453. The number of aromatic nitrogens is 2. The number of amides is 1. The number of benzene rings is 1. The van der Waals surface area contributed by atoms with Crippen molar-refractivity contribution in [2.75, 3.05) is 36.0 Å². The van der Waals surface area contributed by atoms with Gasteiger partial charge in [0.25, 0.3) is 5.91 Å². The van der Waals surface area contributed by atoms with Gasteiger partial charge in [-0.05, 0) is 68.3 Å². The second kappa shape index (κ2) is 9.49. The van der Waals surface area contributed by atoms with E-state index in [2.05, 4.69) is 42.5 Å². The molecule has 0 atom stereocenters. The van der Waals surface area contributed by atoms with Crippen LogP contribution >= 0.6 is 0 Å². The number of rotatable bonds is 5. The molecule has 1 saturated heterocycles. The molecule has 7 nitrogen and oxygen atoms in total. The highest BCUT2D eigenvalue weighted by molar-refractivity contribution is 5.94. The molecule has 3 aromatic rings. The number of aldehydes is 1. The van der Waals surface area contributed by atoms with E-state index >= 15 is 0 Å². The van der Waals surface area contributed by atoms with E-state index in [4.69, 9.17) is 4.98 Å². The molecule has 0 bridgehead atoms. The van der Waals surface area contributed by atoms with Gasteiger partial charge in [0.15, 0.2) is 0 Å². The number of anilines is 3. The number of carbonyl (C=O) groups excluding carboxylic acids is 2. The molecule has 1 aromatic carbocycles. The summed E-state index contributed by atoms with van der Waals surface area (Å²) in [6.07, 6.45) is 2.97. The van der Waals surface area contributed by atoms with E-state index in [0.717, 1.165) is 34.7 Å². The van der Waals surface area contributed by atoms with Crippen LogP contribution in [-0.4, -0.2) is 58.8 Å². The third-order valence-corrected chi connectivity index (χ3v) is 7.65. The number of pyridine rings is 2. The van der Waals surface area contributed by atoms with E-state index in [1.165, 1.54) is 0 Å². The highest BCUT2D eigenvalue weighted by Crippen LogP contribution is 2.43.